The number of nitrogens with two attached hydrogens (primary N) is 1. The van der Waals surface area contributed by atoms with Crippen LogP contribution in [-0.2, 0) is 6.42 Å². The van der Waals surface area contributed by atoms with Crippen molar-refractivity contribution in [3.8, 4) is 17.0 Å². The molecule has 0 spiro atoms. The fourth-order valence-corrected chi connectivity index (χ4v) is 3.57. The number of anilines is 1. The van der Waals surface area contributed by atoms with E-state index in [2.05, 4.69) is 22.2 Å². The van der Waals surface area contributed by atoms with Crippen molar-refractivity contribution in [1.29, 1.82) is 5.41 Å². The van der Waals surface area contributed by atoms with E-state index in [-0.39, 0.29) is 11.8 Å². The Balaban J connectivity index is 1.87. The molecule has 1 aromatic carbocycles. The maximum Gasteiger partial charge on any atom is 0.155 e. The van der Waals surface area contributed by atoms with E-state index in [1.54, 1.807) is 7.11 Å². The maximum atomic E-state index is 7.98. The van der Waals surface area contributed by atoms with E-state index in [4.69, 9.17) is 26.0 Å². The van der Waals surface area contributed by atoms with Gasteiger partial charge in [0, 0.05) is 30.8 Å². The number of nitrogens with zero attached hydrogens (tertiary/aromatic N) is 5. The highest BCUT2D eigenvalue weighted by Gasteiger charge is 2.26. The van der Waals surface area contributed by atoms with Crippen molar-refractivity contribution < 1.29 is 4.74 Å². The summed E-state index contributed by atoms with van der Waals surface area (Å²) in [4.78, 5) is 12.0. The molecule has 8 heteroatoms. The number of benzene rings is 1. The molecule has 1 fully saturated rings. The Kier molecular flexibility index (Phi) is 7.10. The Labute approximate surface area is 171 Å². The van der Waals surface area contributed by atoms with Crippen molar-refractivity contribution in [3.63, 3.8) is 0 Å². The molecule has 0 unspecified atom stereocenters. The third-order valence-corrected chi connectivity index (χ3v) is 5.30. The summed E-state index contributed by atoms with van der Waals surface area (Å²) in [5, 5.41) is 14.9. The molecule has 0 amide bonds. The van der Waals surface area contributed by atoms with Crippen molar-refractivity contribution in [1.82, 2.24) is 9.97 Å². The van der Waals surface area contributed by atoms with Gasteiger partial charge in [-0.1, -0.05) is 18.6 Å². The fourth-order valence-electron chi connectivity index (χ4n) is 3.57. The third kappa shape index (κ3) is 5.07. The SMILES string of the molecule is CCCCc1cnc(-c2ccc(OC)cc2)c(N2CCC(C(=N)N=NN)CC2)n1. The molecule has 3 rings (SSSR count). The number of aromatic nitrogens is 2. The molecular weight excluding hydrogens is 366 g/mol. The number of methoxy groups -OCH3 is 1. The van der Waals surface area contributed by atoms with Crippen molar-refractivity contribution in [2.24, 2.45) is 22.1 Å². The smallest absolute Gasteiger partial charge is 0.155 e. The predicted octanol–water partition coefficient (Wildman–Crippen LogP) is 4.01. The molecule has 1 aliphatic rings. The second-order valence-electron chi connectivity index (χ2n) is 7.23. The van der Waals surface area contributed by atoms with Crippen LogP contribution in [0.4, 0.5) is 5.82 Å². The van der Waals surface area contributed by atoms with E-state index in [9.17, 15) is 0 Å². The summed E-state index contributed by atoms with van der Waals surface area (Å²) >= 11 is 0. The van der Waals surface area contributed by atoms with Crippen LogP contribution >= 0.6 is 0 Å². The van der Waals surface area contributed by atoms with Gasteiger partial charge in [0.2, 0.25) is 0 Å². The Morgan fingerprint density at radius 3 is 2.62 bits per heavy atom. The highest BCUT2D eigenvalue weighted by Crippen LogP contribution is 2.32. The summed E-state index contributed by atoms with van der Waals surface area (Å²) in [7, 11) is 1.66. The molecule has 8 nitrogen and oxygen atoms in total. The summed E-state index contributed by atoms with van der Waals surface area (Å²) in [6.45, 7) is 3.77. The number of amidine groups is 1. The minimum absolute atomic E-state index is 0.0826. The first-order chi connectivity index (χ1) is 14.2. The first-order valence-corrected chi connectivity index (χ1v) is 10.1. The van der Waals surface area contributed by atoms with E-state index >= 15 is 0 Å². The first kappa shape index (κ1) is 20.7. The van der Waals surface area contributed by atoms with Gasteiger partial charge in [0.15, 0.2) is 5.82 Å². The van der Waals surface area contributed by atoms with Gasteiger partial charge in [-0.3, -0.25) is 10.4 Å². The van der Waals surface area contributed by atoms with Gasteiger partial charge in [-0.15, -0.1) is 5.11 Å². The van der Waals surface area contributed by atoms with Gasteiger partial charge < -0.3 is 15.5 Å². The lowest BCUT2D eigenvalue weighted by Crippen LogP contribution is -2.37. The Bertz CT molecular complexity index is 843. The van der Waals surface area contributed by atoms with Crippen molar-refractivity contribution in [2.45, 2.75) is 39.0 Å². The quantitative estimate of drug-likeness (QED) is 0.242. The lowest BCUT2D eigenvalue weighted by Gasteiger charge is -2.33. The molecule has 0 atom stereocenters. The van der Waals surface area contributed by atoms with E-state index in [1.165, 1.54) is 0 Å². The van der Waals surface area contributed by atoms with Crippen LogP contribution < -0.4 is 15.5 Å². The van der Waals surface area contributed by atoms with Gasteiger partial charge in [0.05, 0.1) is 12.8 Å². The standard InChI is InChI=1S/C21H29N7O/c1-3-4-5-17-14-24-19(15-6-8-18(29-2)9-7-15)21(25-17)28-12-10-16(11-13-28)20(22)26-27-23/h6-9,14,16H,3-5,10-13H2,1-2H3,(H3,22,23,26). The minimum atomic E-state index is 0.0826. The second-order valence-corrected chi connectivity index (χ2v) is 7.23. The van der Waals surface area contributed by atoms with Crippen LogP contribution in [0.1, 0.15) is 38.3 Å². The van der Waals surface area contributed by atoms with Crippen molar-refractivity contribution >= 4 is 11.7 Å². The average Bonchev–Trinajstić information content (AvgIpc) is 2.78. The van der Waals surface area contributed by atoms with Crippen LogP contribution in [0, 0.1) is 11.3 Å². The zero-order chi connectivity index (χ0) is 20.6. The zero-order valence-corrected chi connectivity index (χ0v) is 17.1. The third-order valence-electron chi connectivity index (χ3n) is 5.30. The number of unbranched alkanes of at least 4 members (excludes halogenated alkanes) is 1. The summed E-state index contributed by atoms with van der Waals surface area (Å²) < 4.78 is 5.28. The molecule has 3 N–H and O–H groups in total. The van der Waals surface area contributed by atoms with Crippen LogP contribution in [0.15, 0.2) is 40.8 Å². The van der Waals surface area contributed by atoms with Crippen molar-refractivity contribution in [3.05, 3.63) is 36.2 Å². The van der Waals surface area contributed by atoms with Gasteiger partial charge >= 0.3 is 0 Å². The Morgan fingerprint density at radius 1 is 1.28 bits per heavy atom. The topological polar surface area (TPSA) is 113 Å². The summed E-state index contributed by atoms with van der Waals surface area (Å²) in [6, 6.07) is 7.92. The molecule has 2 heterocycles. The minimum Gasteiger partial charge on any atom is -0.497 e. The normalized spacial score (nSPS) is 15.0. The van der Waals surface area contributed by atoms with Gasteiger partial charge in [0.25, 0.3) is 0 Å². The van der Waals surface area contributed by atoms with Crippen molar-refractivity contribution in [2.75, 3.05) is 25.1 Å². The van der Waals surface area contributed by atoms with Crippen LogP contribution in [0.5, 0.6) is 5.75 Å². The Hall–Kier alpha value is -3.03. The van der Waals surface area contributed by atoms with Gasteiger partial charge in [-0.05, 0) is 49.9 Å². The molecule has 1 saturated heterocycles. The number of hydrogen-bond donors (Lipinski definition) is 2. The highest BCUT2D eigenvalue weighted by molar-refractivity contribution is 5.82. The predicted molar refractivity (Wildman–Crippen MR) is 114 cm³/mol. The largest absolute Gasteiger partial charge is 0.497 e. The van der Waals surface area contributed by atoms with Gasteiger partial charge in [0.1, 0.15) is 17.3 Å². The Morgan fingerprint density at radius 2 is 2.00 bits per heavy atom. The number of hydrogen-bond acceptors (Lipinski definition) is 6. The summed E-state index contributed by atoms with van der Waals surface area (Å²) in [5.41, 5.74) is 2.91. The van der Waals surface area contributed by atoms with E-state index in [0.29, 0.717) is 0 Å². The molecule has 0 saturated carbocycles. The highest BCUT2D eigenvalue weighted by atomic mass is 16.5. The maximum absolute atomic E-state index is 7.98. The molecular formula is C21H29N7O. The molecule has 2 aromatic rings. The number of piperidine rings is 1. The van der Waals surface area contributed by atoms with Gasteiger partial charge in [-0.25, -0.2) is 4.98 Å². The number of ether oxygens (including phenoxy) is 1. The number of rotatable bonds is 7. The molecule has 1 aromatic heterocycles. The summed E-state index contributed by atoms with van der Waals surface area (Å²) in [5.74, 6) is 7.16. The first-order valence-electron chi connectivity index (χ1n) is 10.1. The van der Waals surface area contributed by atoms with E-state index < -0.39 is 0 Å². The van der Waals surface area contributed by atoms with E-state index in [0.717, 1.165) is 73.7 Å². The molecule has 1 aliphatic heterocycles. The number of aryl methyl sites for hydroxylation is 1. The van der Waals surface area contributed by atoms with Crippen LogP contribution in [0.3, 0.4) is 0 Å². The molecule has 0 radical (unpaired) electrons. The molecule has 0 bridgehead atoms. The van der Waals surface area contributed by atoms with Gasteiger partial charge in [-0.2, -0.15) is 0 Å². The van der Waals surface area contributed by atoms with E-state index in [1.807, 2.05) is 30.5 Å². The van der Waals surface area contributed by atoms with Crippen LogP contribution in [0.2, 0.25) is 0 Å². The number of nitrogens with one attached hydrogen (secondary N) is 1. The average molecular weight is 396 g/mol. The monoisotopic (exact) mass is 395 g/mol. The summed E-state index contributed by atoms with van der Waals surface area (Å²) in [6.07, 6.45) is 6.68. The molecule has 0 aliphatic carbocycles. The lowest BCUT2D eigenvalue weighted by molar-refractivity contribution is 0.415. The second kappa shape index (κ2) is 9.95. The molecule has 154 valence electrons. The lowest BCUT2D eigenvalue weighted by atomic mass is 9.95. The fraction of sp³-hybridized carbons (Fsp3) is 0.476. The van der Waals surface area contributed by atoms with Crippen LogP contribution in [0.25, 0.3) is 11.3 Å². The molecule has 29 heavy (non-hydrogen) atoms. The zero-order valence-electron chi connectivity index (χ0n) is 17.1. The van der Waals surface area contributed by atoms with Crippen LogP contribution in [-0.4, -0.2) is 36.0 Å².